The fraction of sp³-hybridized carbons (Fsp3) is 0.821. The highest BCUT2D eigenvalue weighted by Gasteiger charge is 2.69. The van der Waals surface area contributed by atoms with Crippen LogP contribution < -0.4 is 0 Å². The Morgan fingerprint density at radius 1 is 1.00 bits per heavy atom. The van der Waals surface area contributed by atoms with Gasteiger partial charge in [0, 0.05) is 44.1 Å². The zero-order chi connectivity index (χ0) is 35.7. The first-order valence-corrected chi connectivity index (χ1v) is 20.4. The summed E-state index contributed by atoms with van der Waals surface area (Å²) in [4.78, 5) is 70.4. The van der Waals surface area contributed by atoms with E-state index in [4.69, 9.17) is 0 Å². The number of amides is 1. The van der Waals surface area contributed by atoms with Crippen molar-refractivity contribution in [1.82, 2.24) is 4.90 Å². The van der Waals surface area contributed by atoms with Crippen LogP contribution in [0.4, 0.5) is 0 Å². The number of Topliss-reactive ketones (excluding diaryl/α,β-unsaturated/α-hetero) is 4. The van der Waals surface area contributed by atoms with Crippen molar-refractivity contribution >= 4 is 38.9 Å². The van der Waals surface area contributed by atoms with Crippen molar-refractivity contribution in [2.75, 3.05) is 12.3 Å². The minimum Gasteiger partial charge on any atom is -0.332 e. The molecular weight excluding hydrogens is 626 g/mol. The molecule has 0 spiro atoms. The van der Waals surface area contributed by atoms with Crippen molar-refractivity contribution < 1.29 is 32.4 Å². The molecule has 0 aromatic heterocycles. The van der Waals surface area contributed by atoms with Crippen LogP contribution in [-0.4, -0.2) is 65.9 Å². The van der Waals surface area contributed by atoms with Crippen molar-refractivity contribution in [3.05, 3.63) is 12.7 Å². The Balaban J connectivity index is 1.55. The van der Waals surface area contributed by atoms with Gasteiger partial charge < -0.3 is 4.90 Å². The van der Waals surface area contributed by atoms with Crippen LogP contribution in [0.5, 0.6) is 0 Å². The van der Waals surface area contributed by atoms with E-state index in [0.717, 1.165) is 44.9 Å². The third-order valence-electron chi connectivity index (χ3n) is 12.6. The number of hydrogen-bond acceptors (Lipinski definition) is 7. The first kappa shape index (κ1) is 38.6. The van der Waals surface area contributed by atoms with E-state index in [9.17, 15) is 32.4 Å². The highest BCUT2D eigenvalue weighted by molar-refractivity contribution is 7.92. The van der Waals surface area contributed by atoms with Gasteiger partial charge in [0.05, 0.1) is 17.0 Å². The third kappa shape index (κ3) is 8.07. The van der Waals surface area contributed by atoms with Crippen LogP contribution in [0.15, 0.2) is 12.7 Å². The number of allylic oxidation sites excluding steroid dienone is 1. The second kappa shape index (κ2) is 15.0. The number of unbranched alkanes of at least 4 members (excludes halogenated alkanes) is 1. The molecule has 2 aliphatic carbocycles. The number of rotatable bonds is 17. The van der Waals surface area contributed by atoms with Gasteiger partial charge in [0.25, 0.3) is 0 Å². The molecule has 6 atom stereocenters. The fourth-order valence-electron chi connectivity index (χ4n) is 9.61. The first-order chi connectivity index (χ1) is 22.4. The summed E-state index contributed by atoms with van der Waals surface area (Å²) in [6.45, 7) is 16.2. The monoisotopic (exact) mass is 687 g/mol. The predicted molar refractivity (Wildman–Crippen MR) is 188 cm³/mol. The number of fused-ring (bicyclic) bond motifs is 1. The van der Waals surface area contributed by atoms with Crippen LogP contribution in [0.1, 0.15) is 138 Å². The number of ketones is 4. The zero-order valence-electron chi connectivity index (χ0n) is 30.5. The van der Waals surface area contributed by atoms with E-state index in [1.165, 1.54) is 0 Å². The average molecular weight is 688 g/mol. The molecule has 0 radical (unpaired) electrons. The van der Waals surface area contributed by atoms with Crippen molar-refractivity contribution in [3.8, 4) is 0 Å². The van der Waals surface area contributed by atoms with Gasteiger partial charge in [-0.1, -0.05) is 79.7 Å². The minimum absolute atomic E-state index is 0.0163. The molecule has 2 saturated carbocycles. The van der Waals surface area contributed by atoms with E-state index in [0.29, 0.717) is 32.2 Å². The molecule has 0 bridgehead atoms. The highest BCUT2D eigenvalue weighted by Crippen LogP contribution is 2.65. The molecule has 1 unspecified atom stereocenters. The number of nitrogens with zero attached hydrogens (tertiary/aromatic N) is 1. The molecule has 0 N–H and O–H groups in total. The van der Waals surface area contributed by atoms with Gasteiger partial charge >= 0.3 is 0 Å². The zero-order valence-corrected chi connectivity index (χ0v) is 31.3. The third-order valence-corrected chi connectivity index (χ3v) is 15.0. The summed E-state index contributed by atoms with van der Waals surface area (Å²) < 4.78 is 26.2. The summed E-state index contributed by atoms with van der Waals surface area (Å²) >= 11 is 0. The normalized spacial score (nSPS) is 28.2. The summed E-state index contributed by atoms with van der Waals surface area (Å²) in [5.74, 6) is -2.46. The van der Waals surface area contributed by atoms with Crippen LogP contribution in [0.2, 0.25) is 0 Å². The summed E-state index contributed by atoms with van der Waals surface area (Å²) in [7, 11) is -3.25. The average Bonchev–Trinajstić information content (AvgIpc) is 3.33. The maximum absolute atomic E-state index is 14.6. The van der Waals surface area contributed by atoms with E-state index < -0.39 is 55.4 Å². The predicted octanol–water partition coefficient (Wildman–Crippen LogP) is 6.88. The number of likely N-dealkylation sites (tertiary alicyclic amines) is 1. The molecule has 270 valence electrons. The number of carbonyl (C=O) groups is 5. The Bertz CT molecular complexity index is 1370. The molecular formula is C39H61NO7S. The number of piperidine rings is 1. The Morgan fingerprint density at radius 2 is 1.67 bits per heavy atom. The fourth-order valence-corrected chi connectivity index (χ4v) is 12.1. The van der Waals surface area contributed by atoms with E-state index in [1.807, 2.05) is 27.7 Å². The molecule has 4 aliphatic rings. The molecule has 0 aromatic carbocycles. The maximum Gasteiger partial charge on any atom is 0.227 e. The van der Waals surface area contributed by atoms with E-state index in [-0.39, 0.29) is 66.2 Å². The molecule has 4 rings (SSSR count). The van der Waals surface area contributed by atoms with Gasteiger partial charge in [-0.15, -0.1) is 6.58 Å². The SMILES string of the molecule is C=CCCC(=O)C(=O)[C@H](CCCC)CC(=O)[C@@H]1[C@@H]2C(CN1C(=O)[C@@H](CC(=O)CC1([C@@H]3CCCS3(=O)=O)CCCCC1)C(C)(C)C)C2(C)C. The second-order valence-electron chi connectivity index (χ2n) is 17.3. The molecule has 48 heavy (non-hydrogen) atoms. The van der Waals surface area contributed by atoms with Crippen LogP contribution in [0.25, 0.3) is 0 Å². The quantitative estimate of drug-likeness (QED) is 0.121. The Kier molecular flexibility index (Phi) is 12.1. The van der Waals surface area contributed by atoms with Crippen molar-refractivity contribution in [1.29, 1.82) is 0 Å². The number of carbonyl (C=O) groups excluding carboxylic acids is 5. The molecule has 4 fully saturated rings. The van der Waals surface area contributed by atoms with Crippen LogP contribution in [0, 0.1) is 39.9 Å². The second-order valence-corrected chi connectivity index (χ2v) is 19.6. The summed E-state index contributed by atoms with van der Waals surface area (Å²) in [5.41, 5.74) is -1.25. The smallest absolute Gasteiger partial charge is 0.227 e. The molecule has 8 nitrogen and oxygen atoms in total. The highest BCUT2D eigenvalue weighted by atomic mass is 32.2. The lowest BCUT2D eigenvalue weighted by Crippen LogP contribution is -2.51. The Labute approximate surface area is 289 Å². The molecule has 1 amide bonds. The Morgan fingerprint density at radius 3 is 2.23 bits per heavy atom. The molecule has 0 aromatic rings. The van der Waals surface area contributed by atoms with Gasteiger partial charge in [0.2, 0.25) is 11.7 Å². The lowest BCUT2D eigenvalue weighted by Gasteiger charge is -2.42. The van der Waals surface area contributed by atoms with Crippen molar-refractivity contribution in [3.63, 3.8) is 0 Å². The lowest BCUT2D eigenvalue weighted by atomic mass is 9.66. The maximum atomic E-state index is 14.6. The van der Waals surface area contributed by atoms with Crippen LogP contribution >= 0.6 is 0 Å². The van der Waals surface area contributed by atoms with E-state index >= 15 is 0 Å². The number of hydrogen-bond donors (Lipinski definition) is 0. The Hall–Kier alpha value is -2.16. The van der Waals surface area contributed by atoms with Gasteiger partial charge in [-0.05, 0) is 66.6 Å². The minimum atomic E-state index is -3.25. The van der Waals surface area contributed by atoms with Crippen molar-refractivity contribution in [2.45, 2.75) is 149 Å². The van der Waals surface area contributed by atoms with Gasteiger partial charge in [0.1, 0.15) is 5.78 Å². The lowest BCUT2D eigenvalue weighted by molar-refractivity contribution is -0.148. The largest absolute Gasteiger partial charge is 0.332 e. The number of sulfone groups is 1. The van der Waals surface area contributed by atoms with Gasteiger partial charge in [0.15, 0.2) is 21.4 Å². The molecule has 2 saturated heterocycles. The molecule has 2 aliphatic heterocycles. The van der Waals surface area contributed by atoms with Gasteiger partial charge in [-0.3, -0.25) is 24.0 Å². The van der Waals surface area contributed by atoms with Gasteiger partial charge in [-0.2, -0.15) is 0 Å². The van der Waals surface area contributed by atoms with Crippen LogP contribution in [0.3, 0.4) is 0 Å². The standard InChI is InChI=1S/C39H61NO7S/c1-8-10-16-26(35(44)30(42)17-11-9-2)22-31(43)34-33-29(38(33,6)7)25-40(34)36(45)28(37(3,4)5)23-27(41)24-39(19-13-12-14-20-39)32-18-15-21-48(32,46)47/h9,26,28-29,32-34H,2,8,10-25H2,1,3-7H3/t26-,28-,29?,32+,33+,34-/m1/s1. The van der Waals surface area contributed by atoms with Gasteiger partial charge in [-0.25, -0.2) is 8.42 Å². The van der Waals surface area contributed by atoms with E-state index in [1.54, 1.807) is 11.0 Å². The first-order valence-electron chi connectivity index (χ1n) is 18.7. The van der Waals surface area contributed by atoms with E-state index in [2.05, 4.69) is 20.4 Å². The molecule has 2 heterocycles. The van der Waals surface area contributed by atoms with Crippen LogP contribution in [-0.2, 0) is 33.8 Å². The summed E-state index contributed by atoms with van der Waals surface area (Å²) in [5, 5.41) is -0.486. The summed E-state index contributed by atoms with van der Waals surface area (Å²) in [6.07, 6.45) is 9.82. The van der Waals surface area contributed by atoms with Crippen molar-refractivity contribution in [2.24, 2.45) is 39.9 Å². The molecule has 9 heteroatoms. The summed E-state index contributed by atoms with van der Waals surface area (Å²) in [6, 6.07) is -0.689. The topological polar surface area (TPSA) is 123 Å².